The molecule has 0 saturated heterocycles. The third kappa shape index (κ3) is 4.52. The van der Waals surface area contributed by atoms with Crippen LogP contribution in [0, 0.1) is 0 Å². The molecule has 30 heavy (non-hydrogen) atoms. The van der Waals surface area contributed by atoms with E-state index < -0.39 is 5.69 Å². The number of ether oxygens (including phenoxy) is 1. The fourth-order valence-electron chi connectivity index (χ4n) is 3.43. The molecule has 0 atom stereocenters. The van der Waals surface area contributed by atoms with Gasteiger partial charge in [-0.2, -0.15) is 0 Å². The van der Waals surface area contributed by atoms with Gasteiger partial charge in [-0.3, -0.25) is 14.2 Å². The highest BCUT2D eigenvalue weighted by Gasteiger charge is 2.13. The van der Waals surface area contributed by atoms with Crippen LogP contribution in [0.5, 0.6) is 0 Å². The number of nitrogens with zero attached hydrogens (tertiary/aromatic N) is 2. The zero-order chi connectivity index (χ0) is 21.8. The van der Waals surface area contributed by atoms with E-state index >= 15 is 0 Å². The van der Waals surface area contributed by atoms with Crippen LogP contribution >= 0.6 is 0 Å². The van der Waals surface area contributed by atoms with E-state index in [4.69, 9.17) is 4.74 Å². The van der Waals surface area contributed by atoms with E-state index in [0.29, 0.717) is 29.6 Å². The third-order valence-corrected chi connectivity index (χ3v) is 4.89. The van der Waals surface area contributed by atoms with Gasteiger partial charge in [-0.15, -0.1) is 0 Å². The summed E-state index contributed by atoms with van der Waals surface area (Å²) in [6.45, 7) is 4.26. The van der Waals surface area contributed by atoms with Crippen molar-refractivity contribution < 1.29 is 9.53 Å². The molecule has 0 spiro atoms. The zero-order valence-corrected chi connectivity index (χ0v) is 17.8. The Morgan fingerprint density at radius 1 is 1.07 bits per heavy atom. The van der Waals surface area contributed by atoms with Crippen molar-refractivity contribution >= 4 is 16.9 Å². The first kappa shape index (κ1) is 21.5. The molecule has 158 valence electrons. The summed E-state index contributed by atoms with van der Waals surface area (Å²) in [6, 6.07) is 12.6. The number of aryl methyl sites for hydroxylation is 2. The number of carbonyl (C=O) groups is 1. The molecule has 0 fully saturated rings. The SMILES string of the molecule is CNCc1ccc2c(c1)c(=O)n(-c1ccc(CCC(=O)OC(C)C)cc1)c(=O)n2C. The molecule has 3 aromatic rings. The second-order valence-corrected chi connectivity index (χ2v) is 7.57. The summed E-state index contributed by atoms with van der Waals surface area (Å²) in [4.78, 5) is 37.7. The highest BCUT2D eigenvalue weighted by molar-refractivity contribution is 5.79. The number of nitrogens with one attached hydrogen (secondary N) is 1. The summed E-state index contributed by atoms with van der Waals surface area (Å²) < 4.78 is 7.81. The molecule has 0 bridgehead atoms. The molecule has 2 aromatic carbocycles. The van der Waals surface area contributed by atoms with Crippen LogP contribution in [-0.4, -0.2) is 28.3 Å². The molecule has 1 aromatic heterocycles. The molecular formula is C23H27N3O4. The van der Waals surface area contributed by atoms with Gasteiger partial charge in [0.05, 0.1) is 22.7 Å². The van der Waals surface area contributed by atoms with Crippen LogP contribution in [-0.2, 0) is 29.5 Å². The Morgan fingerprint density at radius 3 is 2.37 bits per heavy atom. The van der Waals surface area contributed by atoms with Crippen molar-refractivity contribution in [2.24, 2.45) is 7.05 Å². The lowest BCUT2D eigenvalue weighted by Gasteiger charge is -2.12. The molecule has 1 N–H and O–H groups in total. The molecule has 3 rings (SSSR count). The van der Waals surface area contributed by atoms with Crippen LogP contribution < -0.4 is 16.6 Å². The predicted octanol–water partition coefficient (Wildman–Crippen LogP) is 2.29. The lowest BCUT2D eigenvalue weighted by atomic mass is 10.1. The van der Waals surface area contributed by atoms with E-state index in [0.717, 1.165) is 11.1 Å². The number of rotatable bonds is 7. The van der Waals surface area contributed by atoms with Gasteiger partial charge in [0.15, 0.2) is 0 Å². The second-order valence-electron chi connectivity index (χ2n) is 7.57. The van der Waals surface area contributed by atoms with Crippen molar-refractivity contribution in [2.45, 2.75) is 39.3 Å². The number of fused-ring (bicyclic) bond motifs is 1. The van der Waals surface area contributed by atoms with Gasteiger partial charge in [-0.05, 0) is 62.7 Å². The summed E-state index contributed by atoms with van der Waals surface area (Å²) in [5.41, 5.74) is 2.25. The fraction of sp³-hybridized carbons (Fsp3) is 0.348. The molecular weight excluding hydrogens is 382 g/mol. The van der Waals surface area contributed by atoms with E-state index in [9.17, 15) is 14.4 Å². The summed E-state index contributed by atoms with van der Waals surface area (Å²) >= 11 is 0. The zero-order valence-electron chi connectivity index (χ0n) is 17.8. The Kier molecular flexibility index (Phi) is 6.52. The van der Waals surface area contributed by atoms with Gasteiger partial charge in [0.2, 0.25) is 0 Å². The van der Waals surface area contributed by atoms with Crippen LogP contribution in [0.1, 0.15) is 31.4 Å². The minimum atomic E-state index is -0.401. The topological polar surface area (TPSA) is 82.3 Å². The van der Waals surface area contributed by atoms with Gasteiger partial charge in [-0.1, -0.05) is 18.2 Å². The molecule has 0 aliphatic heterocycles. The summed E-state index contributed by atoms with van der Waals surface area (Å²) in [5.74, 6) is -0.244. The Labute approximate surface area is 174 Å². The maximum absolute atomic E-state index is 13.1. The average molecular weight is 409 g/mol. The quantitative estimate of drug-likeness (QED) is 0.606. The molecule has 0 unspecified atom stereocenters. The first-order valence-electron chi connectivity index (χ1n) is 10.00. The molecule has 0 radical (unpaired) electrons. The van der Waals surface area contributed by atoms with E-state index in [-0.39, 0.29) is 24.1 Å². The van der Waals surface area contributed by atoms with Crippen molar-refractivity contribution in [3.63, 3.8) is 0 Å². The van der Waals surface area contributed by atoms with Gasteiger partial charge in [0.1, 0.15) is 0 Å². The smallest absolute Gasteiger partial charge is 0.335 e. The number of aromatic nitrogens is 2. The van der Waals surface area contributed by atoms with E-state index in [2.05, 4.69) is 5.32 Å². The van der Waals surface area contributed by atoms with Crippen LogP contribution in [0.2, 0.25) is 0 Å². The van der Waals surface area contributed by atoms with Crippen molar-refractivity contribution in [2.75, 3.05) is 7.05 Å². The molecule has 1 heterocycles. The van der Waals surface area contributed by atoms with Gasteiger partial charge < -0.3 is 10.1 Å². The lowest BCUT2D eigenvalue weighted by Crippen LogP contribution is -2.37. The highest BCUT2D eigenvalue weighted by Crippen LogP contribution is 2.14. The van der Waals surface area contributed by atoms with Crippen LogP contribution in [0.4, 0.5) is 0 Å². The Morgan fingerprint density at radius 2 is 1.73 bits per heavy atom. The Hall–Kier alpha value is -3.19. The van der Waals surface area contributed by atoms with Crippen molar-refractivity contribution in [3.8, 4) is 5.69 Å². The summed E-state index contributed by atoms with van der Waals surface area (Å²) in [7, 11) is 3.50. The minimum absolute atomic E-state index is 0.135. The number of carbonyl (C=O) groups excluding carboxylic acids is 1. The summed E-state index contributed by atoms with van der Waals surface area (Å²) in [6.07, 6.45) is 0.678. The van der Waals surface area contributed by atoms with E-state index in [1.807, 2.05) is 45.2 Å². The Bertz CT molecular complexity index is 1170. The monoisotopic (exact) mass is 409 g/mol. The number of hydrogen-bond acceptors (Lipinski definition) is 5. The predicted molar refractivity (Wildman–Crippen MR) is 117 cm³/mol. The standard InChI is InChI=1S/C23H27N3O4/c1-15(2)30-21(27)12-8-16-5-9-18(10-6-16)26-22(28)19-13-17(14-24-3)7-11-20(19)25(4)23(26)29/h5-7,9-11,13,15,24H,8,12,14H2,1-4H3. The van der Waals surface area contributed by atoms with E-state index in [1.54, 1.807) is 25.2 Å². The maximum Gasteiger partial charge on any atom is 0.335 e. The van der Waals surface area contributed by atoms with Crippen molar-refractivity contribution in [1.29, 1.82) is 0 Å². The van der Waals surface area contributed by atoms with Gasteiger partial charge in [-0.25, -0.2) is 9.36 Å². The molecule has 7 heteroatoms. The maximum atomic E-state index is 13.1. The van der Waals surface area contributed by atoms with E-state index in [1.165, 1.54) is 9.13 Å². The second kappa shape index (κ2) is 9.09. The lowest BCUT2D eigenvalue weighted by molar-refractivity contribution is -0.147. The molecule has 7 nitrogen and oxygen atoms in total. The molecule has 0 saturated carbocycles. The van der Waals surface area contributed by atoms with Crippen molar-refractivity contribution in [3.05, 3.63) is 74.4 Å². The van der Waals surface area contributed by atoms with Gasteiger partial charge >= 0.3 is 11.7 Å². The molecule has 0 aliphatic carbocycles. The average Bonchev–Trinajstić information content (AvgIpc) is 2.71. The first-order chi connectivity index (χ1) is 14.3. The summed E-state index contributed by atoms with van der Waals surface area (Å²) in [5, 5.41) is 3.56. The van der Waals surface area contributed by atoms with Crippen LogP contribution in [0.15, 0.2) is 52.1 Å². The number of esters is 1. The van der Waals surface area contributed by atoms with Crippen LogP contribution in [0.3, 0.4) is 0 Å². The first-order valence-corrected chi connectivity index (χ1v) is 10.00. The molecule has 0 aliphatic rings. The van der Waals surface area contributed by atoms with Crippen LogP contribution in [0.25, 0.3) is 16.6 Å². The fourth-order valence-corrected chi connectivity index (χ4v) is 3.43. The van der Waals surface area contributed by atoms with Crippen molar-refractivity contribution in [1.82, 2.24) is 14.5 Å². The normalized spacial score (nSPS) is 11.2. The minimum Gasteiger partial charge on any atom is -0.463 e. The number of hydrogen-bond donors (Lipinski definition) is 1. The number of benzene rings is 2. The Balaban J connectivity index is 1.95. The van der Waals surface area contributed by atoms with Gasteiger partial charge in [0.25, 0.3) is 5.56 Å². The molecule has 0 amide bonds. The largest absolute Gasteiger partial charge is 0.463 e. The third-order valence-electron chi connectivity index (χ3n) is 4.89. The highest BCUT2D eigenvalue weighted by atomic mass is 16.5. The van der Waals surface area contributed by atoms with Gasteiger partial charge in [0, 0.05) is 20.0 Å².